The monoisotopic (exact) mass is 156 g/mol. The number of allylic oxidation sites excluding steroid dienone is 3. The van der Waals surface area contributed by atoms with Gasteiger partial charge in [-0.3, -0.25) is 0 Å². The van der Waals surface area contributed by atoms with Gasteiger partial charge in [-0.05, 0) is 32.6 Å². The van der Waals surface area contributed by atoms with E-state index < -0.39 is 6.17 Å². The van der Waals surface area contributed by atoms with Crippen molar-refractivity contribution in [2.75, 3.05) is 0 Å². The van der Waals surface area contributed by atoms with E-state index in [9.17, 15) is 4.39 Å². The van der Waals surface area contributed by atoms with Gasteiger partial charge in [-0.25, -0.2) is 4.39 Å². The molecular weight excluding hydrogens is 139 g/mol. The Morgan fingerprint density at radius 1 is 1.55 bits per heavy atom. The molecule has 0 bridgehead atoms. The van der Waals surface area contributed by atoms with Gasteiger partial charge in [-0.2, -0.15) is 0 Å². The van der Waals surface area contributed by atoms with Gasteiger partial charge in [0.05, 0.1) is 0 Å². The Kier molecular flexibility index (Phi) is 7.11. The highest BCUT2D eigenvalue weighted by atomic mass is 19.1. The molecule has 0 aromatic rings. The highest BCUT2D eigenvalue weighted by Crippen LogP contribution is 2.09. The van der Waals surface area contributed by atoms with Crippen LogP contribution in [0.1, 0.15) is 32.6 Å². The fourth-order valence-corrected chi connectivity index (χ4v) is 0.885. The second kappa shape index (κ2) is 7.52. The van der Waals surface area contributed by atoms with Crippen molar-refractivity contribution in [3.8, 4) is 0 Å². The Bertz CT molecular complexity index is 116. The summed E-state index contributed by atoms with van der Waals surface area (Å²) in [7, 11) is 0. The molecule has 0 aromatic heterocycles. The van der Waals surface area contributed by atoms with Gasteiger partial charge in [0.15, 0.2) is 0 Å². The lowest BCUT2D eigenvalue weighted by atomic mass is 10.1. The van der Waals surface area contributed by atoms with Crippen LogP contribution in [-0.4, -0.2) is 6.17 Å². The van der Waals surface area contributed by atoms with Crippen LogP contribution in [0.3, 0.4) is 0 Å². The maximum Gasteiger partial charge on any atom is 0.104 e. The van der Waals surface area contributed by atoms with Crippen molar-refractivity contribution in [1.82, 2.24) is 0 Å². The molecule has 1 unspecified atom stereocenters. The summed E-state index contributed by atoms with van der Waals surface area (Å²) in [5.74, 6) is 0. The quantitative estimate of drug-likeness (QED) is 0.407. The summed E-state index contributed by atoms with van der Waals surface area (Å²) < 4.78 is 12.8. The molecule has 1 atom stereocenters. The molecule has 0 saturated carbocycles. The summed E-state index contributed by atoms with van der Waals surface area (Å²) in [5, 5.41) is 0. The Morgan fingerprint density at radius 2 is 2.27 bits per heavy atom. The van der Waals surface area contributed by atoms with Crippen LogP contribution < -0.4 is 0 Å². The first-order chi connectivity index (χ1) is 5.31. The number of alkyl halides is 1. The minimum atomic E-state index is -0.661. The van der Waals surface area contributed by atoms with Crippen molar-refractivity contribution < 1.29 is 4.39 Å². The fourth-order valence-electron chi connectivity index (χ4n) is 0.885. The van der Waals surface area contributed by atoms with Crippen molar-refractivity contribution in [1.29, 1.82) is 0 Å². The largest absolute Gasteiger partial charge is 0.247 e. The highest BCUT2D eigenvalue weighted by molar-refractivity contribution is 4.80. The lowest BCUT2D eigenvalue weighted by Gasteiger charge is -2.02. The number of halogens is 1. The zero-order valence-corrected chi connectivity index (χ0v) is 7.22. The van der Waals surface area contributed by atoms with Gasteiger partial charge in [-0.1, -0.05) is 18.2 Å². The summed E-state index contributed by atoms with van der Waals surface area (Å²) >= 11 is 0. The summed E-state index contributed by atoms with van der Waals surface area (Å²) in [4.78, 5) is 0. The molecule has 0 heterocycles. The van der Waals surface area contributed by atoms with Crippen molar-refractivity contribution in [2.45, 2.75) is 38.8 Å². The normalized spacial score (nSPS) is 13.6. The van der Waals surface area contributed by atoms with Crippen LogP contribution in [-0.2, 0) is 0 Å². The van der Waals surface area contributed by atoms with E-state index in [1.165, 1.54) is 0 Å². The lowest BCUT2D eigenvalue weighted by Crippen LogP contribution is -1.96. The lowest BCUT2D eigenvalue weighted by molar-refractivity contribution is 0.311. The zero-order valence-electron chi connectivity index (χ0n) is 7.22. The average Bonchev–Trinajstić information content (AvgIpc) is 2.01. The van der Waals surface area contributed by atoms with Gasteiger partial charge >= 0.3 is 0 Å². The second-order valence-electron chi connectivity index (χ2n) is 2.62. The van der Waals surface area contributed by atoms with Gasteiger partial charge in [-0.15, -0.1) is 6.58 Å². The van der Waals surface area contributed by atoms with Crippen molar-refractivity contribution in [2.24, 2.45) is 0 Å². The fraction of sp³-hybridized carbons (Fsp3) is 0.600. The van der Waals surface area contributed by atoms with Crippen molar-refractivity contribution >= 4 is 0 Å². The number of hydrogen-bond acceptors (Lipinski definition) is 0. The van der Waals surface area contributed by atoms with E-state index in [-0.39, 0.29) is 0 Å². The molecule has 11 heavy (non-hydrogen) atoms. The molecule has 0 amide bonds. The second-order valence-corrected chi connectivity index (χ2v) is 2.62. The average molecular weight is 156 g/mol. The third-order valence-corrected chi connectivity index (χ3v) is 1.55. The highest BCUT2D eigenvalue weighted by Gasteiger charge is 2.01. The maximum absolute atomic E-state index is 12.8. The van der Waals surface area contributed by atoms with Crippen LogP contribution in [0.5, 0.6) is 0 Å². The standard InChI is InChI=1S/C10H17F/c1-3-5-7-9-10(11)8-6-4-2/h3-4,6,10H,1,5,7-9H2,2H3. The third kappa shape index (κ3) is 7.31. The first-order valence-corrected chi connectivity index (χ1v) is 4.17. The molecule has 0 aliphatic carbocycles. The van der Waals surface area contributed by atoms with E-state index in [0.717, 1.165) is 12.8 Å². The smallest absolute Gasteiger partial charge is 0.104 e. The van der Waals surface area contributed by atoms with Crippen LogP contribution in [0.25, 0.3) is 0 Å². The van der Waals surface area contributed by atoms with Crippen LogP contribution in [0.4, 0.5) is 4.39 Å². The predicted molar refractivity (Wildman–Crippen MR) is 48.4 cm³/mol. The molecule has 0 N–H and O–H groups in total. The molecular formula is C10H17F. The van der Waals surface area contributed by atoms with E-state index in [2.05, 4.69) is 6.58 Å². The minimum absolute atomic E-state index is 0.563. The first kappa shape index (κ1) is 10.4. The van der Waals surface area contributed by atoms with E-state index in [0.29, 0.717) is 12.8 Å². The van der Waals surface area contributed by atoms with Crippen molar-refractivity contribution in [3.63, 3.8) is 0 Å². The first-order valence-electron chi connectivity index (χ1n) is 4.17. The number of rotatable bonds is 6. The molecule has 64 valence electrons. The molecule has 1 heteroatoms. The van der Waals surface area contributed by atoms with Gasteiger partial charge in [0.2, 0.25) is 0 Å². The topological polar surface area (TPSA) is 0 Å². The summed E-state index contributed by atoms with van der Waals surface area (Å²) in [6.45, 7) is 5.50. The van der Waals surface area contributed by atoms with Crippen molar-refractivity contribution in [3.05, 3.63) is 24.8 Å². The molecule has 0 fully saturated rings. The number of hydrogen-bond donors (Lipinski definition) is 0. The molecule has 0 saturated heterocycles. The number of unbranched alkanes of at least 4 members (excludes halogenated alkanes) is 1. The Morgan fingerprint density at radius 3 is 2.82 bits per heavy atom. The molecule has 0 nitrogen and oxygen atoms in total. The Hall–Kier alpha value is -0.590. The van der Waals surface area contributed by atoms with Gasteiger partial charge in [0, 0.05) is 0 Å². The Labute approximate surface area is 68.8 Å². The van der Waals surface area contributed by atoms with Gasteiger partial charge in [0.25, 0.3) is 0 Å². The summed E-state index contributed by atoms with van der Waals surface area (Å²) in [6.07, 6.45) is 8.01. The van der Waals surface area contributed by atoms with E-state index in [1.54, 1.807) is 0 Å². The molecule has 0 radical (unpaired) electrons. The maximum atomic E-state index is 12.8. The molecule has 0 rings (SSSR count). The van der Waals surface area contributed by atoms with Gasteiger partial charge in [0.1, 0.15) is 6.17 Å². The Balaban J connectivity index is 3.21. The summed E-state index contributed by atoms with van der Waals surface area (Å²) in [6, 6.07) is 0. The van der Waals surface area contributed by atoms with Crippen LogP contribution in [0.15, 0.2) is 24.8 Å². The minimum Gasteiger partial charge on any atom is -0.247 e. The zero-order chi connectivity index (χ0) is 8.53. The molecule has 0 spiro atoms. The van der Waals surface area contributed by atoms with E-state index in [4.69, 9.17) is 0 Å². The van der Waals surface area contributed by atoms with E-state index >= 15 is 0 Å². The summed E-state index contributed by atoms with van der Waals surface area (Å²) in [5.41, 5.74) is 0. The van der Waals surface area contributed by atoms with Crippen LogP contribution in [0, 0.1) is 0 Å². The van der Waals surface area contributed by atoms with E-state index in [1.807, 2.05) is 25.2 Å². The molecule has 0 aliphatic heterocycles. The van der Waals surface area contributed by atoms with Gasteiger partial charge < -0.3 is 0 Å². The SMILES string of the molecule is C=CCCCC(F)CC=CC. The molecule has 0 aromatic carbocycles. The molecule has 0 aliphatic rings. The van der Waals surface area contributed by atoms with Crippen LogP contribution >= 0.6 is 0 Å². The van der Waals surface area contributed by atoms with Crippen LogP contribution in [0.2, 0.25) is 0 Å². The predicted octanol–water partition coefficient (Wildman–Crippen LogP) is 3.65. The third-order valence-electron chi connectivity index (χ3n) is 1.55.